The first kappa shape index (κ1) is 15.0. The molecule has 1 aromatic carbocycles. The standard InChI is InChI=1S/C9H8Br2ClNO3S/c10-7-4-6(17(13,14)15)5-8(11)9(7)16-3-1-2-12/h1-2,4-5H,3H2,(H2,13,14,15)/b2-1+. The van der Waals surface area contributed by atoms with Crippen molar-refractivity contribution in [3.05, 3.63) is 32.7 Å². The molecule has 0 fully saturated rings. The zero-order valence-electron chi connectivity index (χ0n) is 8.36. The number of primary sulfonamides is 1. The van der Waals surface area contributed by atoms with E-state index in [-0.39, 0.29) is 11.5 Å². The predicted octanol–water partition coefficient (Wildman–Crippen LogP) is 2.99. The van der Waals surface area contributed by atoms with Crippen LogP contribution in [0.1, 0.15) is 0 Å². The van der Waals surface area contributed by atoms with Crippen LogP contribution in [0.2, 0.25) is 0 Å². The van der Waals surface area contributed by atoms with Crippen LogP contribution in [0.5, 0.6) is 5.75 Å². The maximum absolute atomic E-state index is 11.2. The molecule has 2 N–H and O–H groups in total. The molecule has 1 aromatic rings. The number of halogens is 3. The lowest BCUT2D eigenvalue weighted by atomic mass is 10.3. The van der Waals surface area contributed by atoms with Gasteiger partial charge in [-0.1, -0.05) is 11.6 Å². The molecule has 0 bridgehead atoms. The van der Waals surface area contributed by atoms with Gasteiger partial charge in [0, 0.05) is 5.54 Å². The molecule has 4 nitrogen and oxygen atoms in total. The molecule has 0 aliphatic heterocycles. The summed E-state index contributed by atoms with van der Waals surface area (Å²) in [4.78, 5) is -0.00325. The molecule has 0 amide bonds. The zero-order chi connectivity index (χ0) is 13.1. The molecule has 0 spiro atoms. The van der Waals surface area contributed by atoms with Gasteiger partial charge in [-0.2, -0.15) is 0 Å². The van der Waals surface area contributed by atoms with Crippen LogP contribution in [-0.4, -0.2) is 15.0 Å². The summed E-state index contributed by atoms with van der Waals surface area (Å²) >= 11 is 11.8. The van der Waals surface area contributed by atoms with Crippen molar-refractivity contribution >= 4 is 53.5 Å². The maximum atomic E-state index is 11.2. The van der Waals surface area contributed by atoms with Gasteiger partial charge in [0.15, 0.2) is 0 Å². The molecule has 1 rings (SSSR count). The normalized spacial score (nSPS) is 12.0. The molecular formula is C9H8Br2ClNO3S. The minimum Gasteiger partial charge on any atom is -0.487 e. The van der Waals surface area contributed by atoms with E-state index in [1.807, 2.05) is 0 Å². The molecule has 94 valence electrons. The van der Waals surface area contributed by atoms with Crippen LogP contribution in [-0.2, 0) is 10.0 Å². The van der Waals surface area contributed by atoms with E-state index < -0.39 is 10.0 Å². The second-order valence-electron chi connectivity index (χ2n) is 2.93. The monoisotopic (exact) mass is 403 g/mol. The van der Waals surface area contributed by atoms with Gasteiger partial charge in [0.2, 0.25) is 10.0 Å². The SMILES string of the molecule is NS(=O)(=O)c1cc(Br)c(OC/C=C/Cl)c(Br)c1. The molecular weight excluding hydrogens is 397 g/mol. The van der Waals surface area contributed by atoms with E-state index in [0.717, 1.165) is 0 Å². The molecule has 0 unspecified atom stereocenters. The quantitative estimate of drug-likeness (QED) is 0.837. The number of hydrogen-bond donors (Lipinski definition) is 1. The van der Waals surface area contributed by atoms with Crippen molar-refractivity contribution in [2.45, 2.75) is 4.90 Å². The first-order valence-electron chi connectivity index (χ1n) is 4.26. The van der Waals surface area contributed by atoms with Gasteiger partial charge in [0.05, 0.1) is 13.8 Å². The van der Waals surface area contributed by atoms with Crippen LogP contribution >= 0.6 is 43.5 Å². The third-order valence-electron chi connectivity index (χ3n) is 1.71. The Kier molecular flexibility index (Phi) is 5.46. The van der Waals surface area contributed by atoms with Crippen molar-refractivity contribution in [1.29, 1.82) is 0 Å². The van der Waals surface area contributed by atoms with Gasteiger partial charge >= 0.3 is 0 Å². The minimum absolute atomic E-state index is 0.00325. The molecule has 0 saturated heterocycles. The molecule has 8 heteroatoms. The lowest BCUT2D eigenvalue weighted by Crippen LogP contribution is -2.12. The van der Waals surface area contributed by atoms with E-state index in [1.54, 1.807) is 6.08 Å². The van der Waals surface area contributed by atoms with Gasteiger partial charge in [0.25, 0.3) is 0 Å². The van der Waals surface area contributed by atoms with Crippen LogP contribution in [0, 0.1) is 0 Å². The molecule has 0 atom stereocenters. The molecule has 0 heterocycles. The van der Waals surface area contributed by atoms with E-state index in [9.17, 15) is 8.42 Å². The number of benzene rings is 1. The Labute approximate surface area is 121 Å². The average Bonchev–Trinajstić information content (AvgIpc) is 2.20. The Morgan fingerprint density at radius 1 is 1.35 bits per heavy atom. The lowest BCUT2D eigenvalue weighted by Gasteiger charge is -2.10. The van der Waals surface area contributed by atoms with Crippen molar-refractivity contribution < 1.29 is 13.2 Å². The molecule has 0 aromatic heterocycles. The fourth-order valence-corrected chi connectivity index (χ4v) is 3.36. The topological polar surface area (TPSA) is 69.4 Å². The molecule has 0 aliphatic rings. The van der Waals surface area contributed by atoms with Gasteiger partial charge < -0.3 is 4.74 Å². The van der Waals surface area contributed by atoms with Crippen LogP contribution < -0.4 is 9.88 Å². The third-order valence-corrected chi connectivity index (χ3v) is 3.96. The number of nitrogens with two attached hydrogens (primary N) is 1. The summed E-state index contributed by atoms with van der Waals surface area (Å²) in [5.74, 6) is 0.479. The van der Waals surface area contributed by atoms with Gasteiger partial charge in [-0.3, -0.25) is 0 Å². The third kappa shape index (κ3) is 4.26. The first-order valence-corrected chi connectivity index (χ1v) is 7.83. The number of rotatable bonds is 4. The highest BCUT2D eigenvalue weighted by Crippen LogP contribution is 2.35. The Morgan fingerprint density at radius 3 is 2.29 bits per heavy atom. The van der Waals surface area contributed by atoms with Crippen molar-refractivity contribution in [2.75, 3.05) is 6.61 Å². The highest BCUT2D eigenvalue weighted by atomic mass is 79.9. The summed E-state index contributed by atoms with van der Waals surface area (Å²) in [6, 6.07) is 2.75. The smallest absolute Gasteiger partial charge is 0.238 e. The molecule has 17 heavy (non-hydrogen) atoms. The van der Waals surface area contributed by atoms with Crippen molar-refractivity contribution in [1.82, 2.24) is 0 Å². The average molecular weight is 405 g/mol. The fraction of sp³-hybridized carbons (Fsp3) is 0.111. The summed E-state index contributed by atoms with van der Waals surface area (Å²) in [6.45, 7) is 0.273. The fourth-order valence-electron chi connectivity index (χ4n) is 1.01. The second kappa shape index (κ2) is 6.19. The van der Waals surface area contributed by atoms with Crippen LogP contribution in [0.3, 0.4) is 0 Å². The second-order valence-corrected chi connectivity index (χ2v) is 6.46. The number of sulfonamides is 1. The summed E-state index contributed by atoms with van der Waals surface area (Å²) in [5.41, 5.74) is 1.33. The van der Waals surface area contributed by atoms with E-state index >= 15 is 0 Å². The first-order chi connectivity index (χ1) is 7.86. The Hall–Kier alpha value is -0.0800. The predicted molar refractivity (Wildman–Crippen MR) is 73.7 cm³/mol. The van der Waals surface area contributed by atoms with E-state index in [1.165, 1.54) is 17.7 Å². The van der Waals surface area contributed by atoms with Crippen LogP contribution in [0.25, 0.3) is 0 Å². The molecule has 0 saturated carbocycles. The maximum Gasteiger partial charge on any atom is 0.238 e. The van der Waals surface area contributed by atoms with Crippen molar-refractivity contribution in [3.8, 4) is 5.75 Å². The Balaban J connectivity index is 3.11. The van der Waals surface area contributed by atoms with Gasteiger partial charge in [0.1, 0.15) is 12.4 Å². The number of hydrogen-bond acceptors (Lipinski definition) is 3. The Morgan fingerprint density at radius 2 is 1.88 bits per heavy atom. The van der Waals surface area contributed by atoms with Crippen LogP contribution in [0.15, 0.2) is 37.6 Å². The zero-order valence-corrected chi connectivity index (χ0v) is 13.1. The molecule has 0 aliphatic carbocycles. The highest BCUT2D eigenvalue weighted by molar-refractivity contribution is 9.11. The summed E-state index contributed by atoms with van der Waals surface area (Å²) in [6.07, 6.45) is 1.61. The van der Waals surface area contributed by atoms with Gasteiger partial charge in [-0.15, -0.1) is 0 Å². The molecule has 0 radical (unpaired) electrons. The van der Waals surface area contributed by atoms with E-state index in [2.05, 4.69) is 31.9 Å². The summed E-state index contributed by atoms with van der Waals surface area (Å²) in [5, 5.41) is 5.03. The van der Waals surface area contributed by atoms with Gasteiger partial charge in [-0.25, -0.2) is 13.6 Å². The van der Waals surface area contributed by atoms with Gasteiger partial charge in [-0.05, 0) is 50.1 Å². The Bertz CT molecular complexity index is 522. The lowest BCUT2D eigenvalue weighted by molar-refractivity contribution is 0.358. The van der Waals surface area contributed by atoms with Crippen molar-refractivity contribution in [2.24, 2.45) is 5.14 Å². The van der Waals surface area contributed by atoms with E-state index in [0.29, 0.717) is 14.7 Å². The highest BCUT2D eigenvalue weighted by Gasteiger charge is 2.14. The minimum atomic E-state index is -3.74. The largest absolute Gasteiger partial charge is 0.487 e. The van der Waals surface area contributed by atoms with Crippen LogP contribution in [0.4, 0.5) is 0 Å². The summed E-state index contributed by atoms with van der Waals surface area (Å²) < 4.78 is 28.7. The van der Waals surface area contributed by atoms with E-state index in [4.69, 9.17) is 21.5 Å². The summed E-state index contributed by atoms with van der Waals surface area (Å²) in [7, 11) is -3.74. The van der Waals surface area contributed by atoms with Crippen molar-refractivity contribution in [3.63, 3.8) is 0 Å². The number of ether oxygens (including phenoxy) is 1.